The molecule has 1 aliphatic carbocycles. The molecule has 3 aromatic rings. The first-order chi connectivity index (χ1) is 13.3. The van der Waals surface area contributed by atoms with Crippen LogP contribution in [0.5, 0.6) is 0 Å². The average Bonchev–Trinajstić information content (AvgIpc) is 3.32. The second-order valence-corrected chi connectivity index (χ2v) is 6.46. The van der Waals surface area contributed by atoms with E-state index in [1.54, 1.807) is 6.20 Å². The number of hydrogen-bond donors (Lipinski definition) is 2. The number of carbonyl (C=O) groups is 1. The van der Waals surface area contributed by atoms with Crippen LogP contribution in [-0.2, 0) is 4.74 Å². The van der Waals surface area contributed by atoms with Crippen LogP contribution in [0.3, 0.4) is 0 Å². The molecule has 1 aromatic heterocycles. The van der Waals surface area contributed by atoms with E-state index in [9.17, 15) is 4.79 Å². The highest BCUT2D eigenvalue weighted by atomic mass is 16.5. The number of alkyl carbamates (subject to hydrolysis) is 1. The van der Waals surface area contributed by atoms with Crippen molar-refractivity contribution in [1.82, 2.24) is 15.5 Å². The van der Waals surface area contributed by atoms with Gasteiger partial charge in [0.05, 0.1) is 5.69 Å². The van der Waals surface area contributed by atoms with E-state index in [2.05, 4.69) is 39.8 Å². The Labute approximate surface area is 158 Å². The molecule has 1 heterocycles. The Morgan fingerprint density at radius 2 is 1.78 bits per heavy atom. The van der Waals surface area contributed by atoms with Crippen LogP contribution in [0.1, 0.15) is 29.2 Å². The first-order valence-corrected chi connectivity index (χ1v) is 9.07. The van der Waals surface area contributed by atoms with Gasteiger partial charge in [0.1, 0.15) is 6.61 Å². The number of H-pyrrole nitrogens is 1. The molecule has 1 aliphatic rings. The van der Waals surface area contributed by atoms with Gasteiger partial charge in [-0.05, 0) is 40.8 Å². The number of rotatable bonds is 6. The predicted octanol–water partition coefficient (Wildman–Crippen LogP) is 4.35. The molecule has 2 N–H and O–H groups in total. The third-order valence-electron chi connectivity index (χ3n) is 4.74. The number of amides is 1. The molecule has 0 saturated carbocycles. The van der Waals surface area contributed by atoms with Crippen molar-refractivity contribution < 1.29 is 9.53 Å². The van der Waals surface area contributed by atoms with E-state index < -0.39 is 0 Å². The summed E-state index contributed by atoms with van der Waals surface area (Å²) < 4.78 is 5.50. The number of carbonyl (C=O) groups excluding carboxylic acids is 1. The van der Waals surface area contributed by atoms with Gasteiger partial charge in [-0.1, -0.05) is 54.6 Å². The van der Waals surface area contributed by atoms with Crippen LogP contribution < -0.4 is 5.32 Å². The Balaban J connectivity index is 1.30. The first kappa shape index (κ1) is 17.1. The Morgan fingerprint density at radius 3 is 2.44 bits per heavy atom. The van der Waals surface area contributed by atoms with Crippen LogP contribution in [0, 0.1) is 0 Å². The topological polar surface area (TPSA) is 67.0 Å². The van der Waals surface area contributed by atoms with Crippen molar-refractivity contribution in [3.05, 3.63) is 83.7 Å². The molecular weight excluding hydrogens is 338 g/mol. The zero-order chi connectivity index (χ0) is 18.5. The molecule has 0 bridgehead atoms. The summed E-state index contributed by atoms with van der Waals surface area (Å²) in [5.74, 6) is 0.0865. The highest BCUT2D eigenvalue weighted by Crippen LogP contribution is 2.44. The van der Waals surface area contributed by atoms with E-state index in [4.69, 9.17) is 4.74 Å². The lowest BCUT2D eigenvalue weighted by Gasteiger charge is -2.14. The lowest BCUT2D eigenvalue weighted by atomic mass is 9.98. The van der Waals surface area contributed by atoms with Gasteiger partial charge in [-0.3, -0.25) is 5.10 Å². The van der Waals surface area contributed by atoms with Crippen LogP contribution in [0.2, 0.25) is 0 Å². The van der Waals surface area contributed by atoms with Crippen molar-refractivity contribution in [3.8, 4) is 11.1 Å². The molecule has 0 aliphatic heterocycles. The first-order valence-electron chi connectivity index (χ1n) is 9.07. The zero-order valence-corrected chi connectivity index (χ0v) is 14.9. The minimum absolute atomic E-state index is 0.0865. The number of aromatic amines is 1. The molecule has 5 nitrogen and oxygen atoms in total. The van der Waals surface area contributed by atoms with Crippen molar-refractivity contribution in [3.63, 3.8) is 0 Å². The summed E-state index contributed by atoms with van der Waals surface area (Å²) in [4.78, 5) is 12.0. The van der Waals surface area contributed by atoms with Crippen molar-refractivity contribution >= 4 is 12.2 Å². The summed E-state index contributed by atoms with van der Waals surface area (Å²) >= 11 is 0. The van der Waals surface area contributed by atoms with Gasteiger partial charge >= 0.3 is 6.09 Å². The Hall–Kier alpha value is -3.34. The Kier molecular flexibility index (Phi) is 5.01. The second-order valence-electron chi connectivity index (χ2n) is 6.46. The summed E-state index contributed by atoms with van der Waals surface area (Å²) in [6.45, 7) is 0.866. The number of nitrogens with one attached hydrogen (secondary N) is 2. The van der Waals surface area contributed by atoms with Gasteiger partial charge in [-0.15, -0.1) is 0 Å². The number of fused-ring (bicyclic) bond motifs is 3. The average molecular weight is 359 g/mol. The monoisotopic (exact) mass is 359 g/mol. The van der Waals surface area contributed by atoms with Crippen LogP contribution in [0.25, 0.3) is 17.2 Å². The molecule has 0 atom stereocenters. The third-order valence-corrected chi connectivity index (χ3v) is 4.74. The molecule has 2 aromatic carbocycles. The zero-order valence-electron chi connectivity index (χ0n) is 14.9. The lowest BCUT2D eigenvalue weighted by molar-refractivity contribution is 0.143. The smallest absolute Gasteiger partial charge is 0.407 e. The summed E-state index contributed by atoms with van der Waals surface area (Å²) in [5.41, 5.74) is 5.83. The van der Waals surface area contributed by atoms with Crippen LogP contribution >= 0.6 is 0 Å². The molecule has 5 heteroatoms. The van der Waals surface area contributed by atoms with Gasteiger partial charge in [0.2, 0.25) is 0 Å². The summed E-state index contributed by atoms with van der Waals surface area (Å²) in [7, 11) is 0. The molecule has 0 spiro atoms. The quantitative estimate of drug-likeness (QED) is 0.643. The number of nitrogens with zero attached hydrogens (tertiary/aromatic N) is 1. The normalized spacial score (nSPS) is 12.7. The van der Waals surface area contributed by atoms with Gasteiger partial charge < -0.3 is 10.1 Å². The van der Waals surface area contributed by atoms with Gasteiger partial charge in [0, 0.05) is 18.7 Å². The molecular formula is C22H21N3O2. The van der Waals surface area contributed by atoms with E-state index >= 15 is 0 Å². The van der Waals surface area contributed by atoms with Gasteiger partial charge in [-0.25, -0.2) is 4.79 Å². The largest absolute Gasteiger partial charge is 0.449 e. The van der Waals surface area contributed by atoms with Gasteiger partial charge in [0.15, 0.2) is 0 Å². The molecule has 0 radical (unpaired) electrons. The van der Waals surface area contributed by atoms with Crippen molar-refractivity contribution in [2.45, 2.75) is 12.3 Å². The van der Waals surface area contributed by atoms with E-state index in [0.29, 0.717) is 13.2 Å². The number of aromatic nitrogens is 2. The SMILES string of the molecule is O=C(NCCC=Cc1ccn[nH]1)OCC1c2ccccc2-c2ccccc21. The van der Waals surface area contributed by atoms with E-state index in [0.717, 1.165) is 12.1 Å². The van der Waals surface area contributed by atoms with Crippen LogP contribution in [0.4, 0.5) is 4.79 Å². The highest BCUT2D eigenvalue weighted by Gasteiger charge is 2.28. The van der Waals surface area contributed by atoms with E-state index in [1.807, 2.05) is 42.5 Å². The molecule has 4 rings (SSSR count). The van der Waals surface area contributed by atoms with E-state index in [-0.39, 0.29) is 12.0 Å². The minimum Gasteiger partial charge on any atom is -0.449 e. The van der Waals surface area contributed by atoms with E-state index in [1.165, 1.54) is 22.3 Å². The van der Waals surface area contributed by atoms with Crippen LogP contribution in [-0.4, -0.2) is 29.4 Å². The lowest BCUT2D eigenvalue weighted by Crippen LogP contribution is -2.26. The highest BCUT2D eigenvalue weighted by molar-refractivity contribution is 5.79. The molecule has 0 saturated heterocycles. The van der Waals surface area contributed by atoms with Crippen molar-refractivity contribution in [2.24, 2.45) is 0 Å². The molecule has 1 amide bonds. The maximum atomic E-state index is 12.0. The molecule has 0 fully saturated rings. The van der Waals surface area contributed by atoms with Crippen molar-refractivity contribution in [1.29, 1.82) is 0 Å². The number of ether oxygens (including phenoxy) is 1. The van der Waals surface area contributed by atoms with Crippen LogP contribution in [0.15, 0.2) is 66.9 Å². The molecule has 136 valence electrons. The standard InChI is InChI=1S/C22H21N3O2/c26-22(23-13-6-5-7-16-12-14-24-25-16)27-15-21-19-10-3-1-8-17(19)18-9-2-4-11-20(18)21/h1-5,7-12,14,21H,6,13,15H2,(H,23,26)(H,24,25). The van der Waals surface area contributed by atoms with Gasteiger partial charge in [-0.2, -0.15) is 5.10 Å². The minimum atomic E-state index is -0.383. The summed E-state index contributed by atoms with van der Waals surface area (Å²) in [6.07, 6.45) is 5.97. The maximum absolute atomic E-state index is 12.0. The molecule has 27 heavy (non-hydrogen) atoms. The van der Waals surface area contributed by atoms with Gasteiger partial charge in [0.25, 0.3) is 0 Å². The summed E-state index contributed by atoms with van der Waals surface area (Å²) in [6, 6.07) is 18.5. The fourth-order valence-corrected chi connectivity index (χ4v) is 3.48. The Morgan fingerprint density at radius 1 is 1.07 bits per heavy atom. The predicted molar refractivity (Wildman–Crippen MR) is 105 cm³/mol. The fourth-order valence-electron chi connectivity index (χ4n) is 3.48. The summed E-state index contributed by atoms with van der Waals surface area (Å²) in [5, 5.41) is 9.53. The number of hydrogen-bond acceptors (Lipinski definition) is 3. The Bertz CT molecular complexity index is 902. The fraction of sp³-hybridized carbons (Fsp3) is 0.182. The maximum Gasteiger partial charge on any atom is 0.407 e. The molecule has 0 unspecified atom stereocenters. The number of benzene rings is 2. The van der Waals surface area contributed by atoms with Crippen molar-refractivity contribution in [2.75, 3.05) is 13.2 Å². The second kappa shape index (κ2) is 7.91. The third kappa shape index (κ3) is 3.77.